The SMILES string of the molecule is c1ccc(-n2c3ccccc3c3cc(N(c4ccc5c(c4)-c4c6cccc4-c4cccc-5c4-c4ccccc4-6)c4ccc5ccccc5c4)ccc32)cc1. The van der Waals surface area contributed by atoms with Crippen molar-refractivity contribution in [2.75, 3.05) is 4.90 Å². The maximum Gasteiger partial charge on any atom is 0.0542 e. The summed E-state index contributed by atoms with van der Waals surface area (Å²) in [6.07, 6.45) is 0. The lowest BCUT2D eigenvalue weighted by Crippen LogP contribution is -2.10. The molecule has 2 heteroatoms. The third kappa shape index (κ3) is 4.11. The highest BCUT2D eigenvalue weighted by molar-refractivity contribution is 6.15. The molecule has 54 heavy (non-hydrogen) atoms. The molecule has 1 heterocycles. The van der Waals surface area contributed by atoms with E-state index in [2.05, 4.69) is 204 Å². The van der Waals surface area contributed by atoms with Crippen LogP contribution in [0, 0.1) is 0 Å². The van der Waals surface area contributed by atoms with Gasteiger partial charge in [-0.25, -0.2) is 0 Å². The highest BCUT2D eigenvalue weighted by Crippen LogP contribution is 2.57. The molecule has 0 atom stereocenters. The van der Waals surface area contributed by atoms with Gasteiger partial charge >= 0.3 is 0 Å². The van der Waals surface area contributed by atoms with Crippen LogP contribution in [0.2, 0.25) is 0 Å². The van der Waals surface area contributed by atoms with E-state index < -0.39 is 0 Å². The van der Waals surface area contributed by atoms with Gasteiger partial charge in [-0.15, -0.1) is 0 Å². The maximum absolute atomic E-state index is 2.45. The van der Waals surface area contributed by atoms with Gasteiger partial charge in [-0.05, 0) is 127 Å². The first-order chi connectivity index (χ1) is 26.8. The largest absolute Gasteiger partial charge is 0.310 e. The van der Waals surface area contributed by atoms with Crippen LogP contribution >= 0.6 is 0 Å². The summed E-state index contributed by atoms with van der Waals surface area (Å²) in [6, 6.07) is 71.7. The second kappa shape index (κ2) is 11.2. The molecule has 9 aromatic carbocycles. The summed E-state index contributed by atoms with van der Waals surface area (Å²) in [7, 11) is 0. The van der Waals surface area contributed by atoms with Crippen molar-refractivity contribution in [1.29, 1.82) is 0 Å². The van der Waals surface area contributed by atoms with Gasteiger partial charge in [-0.1, -0.05) is 133 Å². The van der Waals surface area contributed by atoms with E-state index in [9.17, 15) is 0 Å². The highest BCUT2D eigenvalue weighted by atomic mass is 15.1. The van der Waals surface area contributed by atoms with Gasteiger partial charge in [0.1, 0.15) is 0 Å². The molecule has 0 aliphatic heterocycles. The summed E-state index contributed by atoms with van der Waals surface area (Å²) >= 11 is 0. The van der Waals surface area contributed by atoms with E-state index in [-0.39, 0.29) is 0 Å². The van der Waals surface area contributed by atoms with Crippen LogP contribution in [0.5, 0.6) is 0 Å². The van der Waals surface area contributed by atoms with E-state index in [1.165, 1.54) is 88.2 Å². The van der Waals surface area contributed by atoms with Crippen LogP contribution in [0.25, 0.3) is 93.9 Å². The van der Waals surface area contributed by atoms with Crippen molar-refractivity contribution in [2.45, 2.75) is 0 Å². The number of hydrogen-bond acceptors (Lipinski definition) is 1. The van der Waals surface area contributed by atoms with Crippen LogP contribution in [0.1, 0.15) is 0 Å². The summed E-state index contributed by atoms with van der Waals surface area (Å²) in [5.74, 6) is 0. The molecule has 0 amide bonds. The van der Waals surface area contributed by atoms with E-state index in [1.54, 1.807) is 0 Å². The Kier molecular flexibility index (Phi) is 6.09. The van der Waals surface area contributed by atoms with Crippen molar-refractivity contribution in [2.24, 2.45) is 0 Å². The topological polar surface area (TPSA) is 8.17 Å². The molecule has 12 rings (SSSR count). The highest BCUT2D eigenvalue weighted by Gasteiger charge is 2.31. The Balaban J connectivity index is 1.13. The fourth-order valence-electron chi connectivity index (χ4n) is 9.35. The smallest absolute Gasteiger partial charge is 0.0542 e. The van der Waals surface area contributed by atoms with E-state index in [1.807, 2.05) is 0 Å². The fourth-order valence-corrected chi connectivity index (χ4v) is 9.35. The van der Waals surface area contributed by atoms with E-state index in [0.717, 1.165) is 22.7 Å². The Morgan fingerprint density at radius 1 is 0.296 bits per heavy atom. The van der Waals surface area contributed by atoms with E-state index in [0.29, 0.717) is 0 Å². The number of fused-ring (bicyclic) bond motifs is 8. The van der Waals surface area contributed by atoms with Crippen LogP contribution in [0.3, 0.4) is 0 Å². The second-order valence-electron chi connectivity index (χ2n) is 14.5. The summed E-state index contributed by atoms with van der Waals surface area (Å²) < 4.78 is 2.39. The first-order valence-electron chi connectivity index (χ1n) is 18.7. The van der Waals surface area contributed by atoms with Gasteiger partial charge in [-0.3, -0.25) is 0 Å². The number of anilines is 3. The predicted octanol–water partition coefficient (Wildman–Crippen LogP) is 14.4. The van der Waals surface area contributed by atoms with Gasteiger partial charge in [0, 0.05) is 33.5 Å². The van der Waals surface area contributed by atoms with Crippen LogP contribution in [0.4, 0.5) is 17.1 Å². The molecular weight excluding hydrogens is 653 g/mol. The predicted molar refractivity (Wildman–Crippen MR) is 227 cm³/mol. The molecule has 0 unspecified atom stereocenters. The molecule has 0 spiro atoms. The minimum Gasteiger partial charge on any atom is -0.310 e. The summed E-state index contributed by atoms with van der Waals surface area (Å²) in [5.41, 5.74) is 19.9. The average molecular weight is 685 g/mol. The number of aromatic nitrogens is 1. The number of hydrogen-bond donors (Lipinski definition) is 0. The molecule has 250 valence electrons. The maximum atomic E-state index is 2.45. The zero-order valence-electron chi connectivity index (χ0n) is 29.4. The number of benzene rings is 9. The van der Waals surface area contributed by atoms with Crippen LogP contribution in [0.15, 0.2) is 194 Å². The molecule has 10 aromatic rings. The lowest BCUT2D eigenvalue weighted by molar-refractivity contribution is 1.18. The van der Waals surface area contributed by atoms with Gasteiger partial charge < -0.3 is 9.47 Å². The second-order valence-corrected chi connectivity index (χ2v) is 14.5. The number of nitrogens with zero attached hydrogens (tertiary/aromatic N) is 2. The average Bonchev–Trinajstić information content (AvgIpc) is 3.51. The van der Waals surface area contributed by atoms with Gasteiger partial charge in [0.05, 0.1) is 11.0 Å². The van der Waals surface area contributed by atoms with Crippen molar-refractivity contribution in [1.82, 2.24) is 4.57 Å². The zero-order chi connectivity index (χ0) is 35.3. The van der Waals surface area contributed by atoms with Crippen molar-refractivity contribution in [3.05, 3.63) is 194 Å². The third-order valence-corrected chi connectivity index (χ3v) is 11.6. The van der Waals surface area contributed by atoms with Gasteiger partial charge in [0.15, 0.2) is 0 Å². The Morgan fingerprint density at radius 3 is 1.65 bits per heavy atom. The third-order valence-electron chi connectivity index (χ3n) is 11.6. The van der Waals surface area contributed by atoms with Crippen LogP contribution < -0.4 is 4.90 Å². The molecular formula is C52H32N2. The quantitative estimate of drug-likeness (QED) is 0.179. The Bertz CT molecular complexity index is 3140. The standard InChI is InChI=1S/C52H32N2/c1-2-14-35(15-3-1)54-49-23-9-8-17-41(49)47-31-38(27-29-50(47)54)53(36-25-24-33-12-4-5-13-34(33)30-36)37-26-28-40-44-20-11-21-45-46-22-10-19-43(52(46)48(40)32-37)39-16-6-7-18-42(39)51(44)45/h1-32H. The first kappa shape index (κ1) is 29.4. The molecule has 2 aliphatic carbocycles. The lowest BCUT2D eigenvalue weighted by atomic mass is 9.83. The summed E-state index contributed by atoms with van der Waals surface area (Å²) in [5, 5.41) is 4.92. The van der Waals surface area contributed by atoms with Crippen molar-refractivity contribution in [3.63, 3.8) is 0 Å². The normalized spacial score (nSPS) is 12.1. The molecule has 1 aromatic heterocycles. The van der Waals surface area contributed by atoms with Crippen molar-refractivity contribution < 1.29 is 0 Å². The molecule has 2 aliphatic rings. The molecule has 0 saturated heterocycles. The zero-order valence-corrected chi connectivity index (χ0v) is 29.4. The van der Waals surface area contributed by atoms with Gasteiger partial charge in [0.2, 0.25) is 0 Å². The molecule has 0 saturated carbocycles. The van der Waals surface area contributed by atoms with E-state index in [4.69, 9.17) is 0 Å². The van der Waals surface area contributed by atoms with Crippen molar-refractivity contribution in [3.8, 4) is 61.3 Å². The minimum atomic E-state index is 1.12. The number of rotatable bonds is 4. The molecule has 2 nitrogen and oxygen atoms in total. The van der Waals surface area contributed by atoms with Gasteiger partial charge in [0.25, 0.3) is 0 Å². The monoisotopic (exact) mass is 684 g/mol. The number of para-hydroxylation sites is 2. The molecule has 6 bridgehead atoms. The first-order valence-corrected chi connectivity index (χ1v) is 18.7. The minimum absolute atomic E-state index is 1.12. The van der Waals surface area contributed by atoms with Crippen LogP contribution in [-0.2, 0) is 0 Å². The Labute approximate surface area is 313 Å². The molecule has 0 radical (unpaired) electrons. The molecule has 0 fully saturated rings. The summed E-state index contributed by atoms with van der Waals surface area (Å²) in [6.45, 7) is 0. The van der Waals surface area contributed by atoms with Crippen molar-refractivity contribution >= 4 is 49.6 Å². The Morgan fingerprint density at radius 2 is 0.833 bits per heavy atom. The van der Waals surface area contributed by atoms with Crippen LogP contribution in [-0.4, -0.2) is 4.57 Å². The molecule has 0 N–H and O–H groups in total. The Hall–Kier alpha value is -7.16. The lowest BCUT2D eigenvalue weighted by Gasteiger charge is -2.28. The summed E-state index contributed by atoms with van der Waals surface area (Å²) in [4.78, 5) is 2.45. The van der Waals surface area contributed by atoms with E-state index >= 15 is 0 Å². The fraction of sp³-hybridized carbons (Fsp3) is 0. The van der Waals surface area contributed by atoms with Gasteiger partial charge in [-0.2, -0.15) is 0 Å².